The van der Waals surface area contributed by atoms with E-state index in [0.717, 1.165) is 0 Å². The third-order valence-electron chi connectivity index (χ3n) is 3.12. The number of amides is 1. The van der Waals surface area contributed by atoms with Gasteiger partial charge in [0.05, 0.1) is 6.42 Å². The van der Waals surface area contributed by atoms with Gasteiger partial charge in [-0.05, 0) is 11.6 Å². The Bertz CT molecular complexity index is 493. The molecule has 0 aromatic heterocycles. The highest BCUT2D eigenvalue weighted by atomic mass is 35.5. The number of carboxylic acid groups (broad SMARTS) is 1. The molecule has 0 spiro atoms. The number of aliphatic carboxylic acids is 1. The highest BCUT2D eigenvalue weighted by Crippen LogP contribution is 2.29. The van der Waals surface area contributed by atoms with E-state index in [4.69, 9.17) is 16.7 Å². The normalized spacial score (nSPS) is 20.1. The van der Waals surface area contributed by atoms with Crippen LogP contribution in [0.1, 0.15) is 18.0 Å². The first-order valence-electron chi connectivity index (χ1n) is 6.07. The molecule has 6 heteroatoms. The largest absolute Gasteiger partial charge is 0.481 e. The molecule has 1 aliphatic rings. The molecule has 102 valence electrons. The molecule has 2 rings (SSSR count). The van der Waals surface area contributed by atoms with Crippen molar-refractivity contribution in [2.45, 2.75) is 12.5 Å². The Balaban J connectivity index is 2.23. The van der Waals surface area contributed by atoms with Crippen LogP contribution in [-0.2, 0) is 9.59 Å². The van der Waals surface area contributed by atoms with Crippen LogP contribution in [0.3, 0.4) is 0 Å². The fourth-order valence-corrected chi connectivity index (χ4v) is 2.47. The molecular weight excluding hydrogens is 268 g/mol. The number of carboxylic acids is 1. The number of carbonyl (C=O) groups excluding carboxylic acids is 1. The highest BCUT2D eigenvalue weighted by molar-refractivity contribution is 6.31. The van der Waals surface area contributed by atoms with Gasteiger partial charge in [0.15, 0.2) is 0 Å². The molecule has 0 aliphatic carbocycles. The van der Waals surface area contributed by atoms with E-state index < -0.39 is 12.0 Å². The highest BCUT2D eigenvalue weighted by Gasteiger charge is 2.32. The van der Waals surface area contributed by atoms with Crippen LogP contribution in [0, 0.1) is 0 Å². The van der Waals surface area contributed by atoms with Crippen molar-refractivity contribution < 1.29 is 14.7 Å². The van der Waals surface area contributed by atoms with Gasteiger partial charge in [0.25, 0.3) is 0 Å². The van der Waals surface area contributed by atoms with Crippen molar-refractivity contribution in [1.29, 1.82) is 0 Å². The molecule has 0 bridgehead atoms. The van der Waals surface area contributed by atoms with E-state index in [9.17, 15) is 9.59 Å². The maximum atomic E-state index is 12.0. The Morgan fingerprint density at radius 3 is 2.89 bits per heavy atom. The number of rotatable bonds is 4. The molecule has 1 amide bonds. The van der Waals surface area contributed by atoms with Gasteiger partial charge in [0, 0.05) is 24.7 Å². The number of benzene rings is 1. The average Bonchev–Trinajstić information content (AvgIpc) is 2.37. The molecule has 1 aliphatic heterocycles. The van der Waals surface area contributed by atoms with Crippen LogP contribution in [0.15, 0.2) is 24.3 Å². The zero-order valence-electron chi connectivity index (χ0n) is 10.3. The zero-order valence-corrected chi connectivity index (χ0v) is 11.1. The van der Waals surface area contributed by atoms with E-state index in [1.807, 2.05) is 11.0 Å². The minimum absolute atomic E-state index is 0.00817. The first kappa shape index (κ1) is 13.8. The van der Waals surface area contributed by atoms with Gasteiger partial charge in [-0.25, -0.2) is 0 Å². The molecule has 1 fully saturated rings. The Labute approximate surface area is 116 Å². The van der Waals surface area contributed by atoms with Crippen molar-refractivity contribution in [1.82, 2.24) is 10.2 Å². The smallest absolute Gasteiger partial charge is 0.304 e. The van der Waals surface area contributed by atoms with Gasteiger partial charge in [-0.2, -0.15) is 0 Å². The standard InChI is InChI=1S/C13H15ClN2O3/c14-10-4-2-1-3-9(10)12-13(19)15-6-8-16(12)7-5-11(17)18/h1-4,12H,5-8H2,(H,15,19)(H,17,18). The summed E-state index contributed by atoms with van der Waals surface area (Å²) in [4.78, 5) is 24.6. The summed E-state index contributed by atoms with van der Waals surface area (Å²) in [6.07, 6.45) is 0.00817. The maximum absolute atomic E-state index is 12.0. The molecule has 1 heterocycles. The number of halogens is 1. The summed E-state index contributed by atoms with van der Waals surface area (Å²) < 4.78 is 0. The molecule has 0 saturated carbocycles. The topological polar surface area (TPSA) is 69.6 Å². The Kier molecular flexibility index (Phi) is 4.39. The Morgan fingerprint density at radius 1 is 1.47 bits per heavy atom. The Hall–Kier alpha value is -1.59. The summed E-state index contributed by atoms with van der Waals surface area (Å²) in [6.45, 7) is 1.48. The van der Waals surface area contributed by atoms with Gasteiger partial charge in [0.1, 0.15) is 6.04 Å². The molecule has 1 aromatic rings. The number of hydrogen-bond donors (Lipinski definition) is 2. The summed E-state index contributed by atoms with van der Waals surface area (Å²) in [7, 11) is 0. The molecule has 1 saturated heterocycles. The van der Waals surface area contributed by atoms with Crippen molar-refractivity contribution in [2.24, 2.45) is 0 Å². The van der Waals surface area contributed by atoms with Crippen molar-refractivity contribution in [3.8, 4) is 0 Å². The number of piperazine rings is 1. The lowest BCUT2D eigenvalue weighted by Crippen LogP contribution is -2.50. The molecule has 1 unspecified atom stereocenters. The van der Waals surface area contributed by atoms with Crippen LogP contribution in [0.2, 0.25) is 5.02 Å². The van der Waals surface area contributed by atoms with Crippen LogP contribution in [0.25, 0.3) is 0 Å². The van der Waals surface area contributed by atoms with Crippen LogP contribution in [0.5, 0.6) is 0 Å². The third kappa shape index (κ3) is 3.24. The summed E-state index contributed by atoms with van der Waals surface area (Å²) >= 11 is 6.13. The average molecular weight is 283 g/mol. The first-order chi connectivity index (χ1) is 9.09. The zero-order chi connectivity index (χ0) is 13.8. The van der Waals surface area contributed by atoms with Crippen molar-refractivity contribution >= 4 is 23.5 Å². The predicted molar refractivity (Wildman–Crippen MR) is 71.0 cm³/mol. The van der Waals surface area contributed by atoms with E-state index in [-0.39, 0.29) is 12.3 Å². The maximum Gasteiger partial charge on any atom is 0.304 e. The number of nitrogens with one attached hydrogen (secondary N) is 1. The molecule has 2 N–H and O–H groups in total. The lowest BCUT2D eigenvalue weighted by Gasteiger charge is -2.35. The van der Waals surface area contributed by atoms with Gasteiger partial charge in [-0.1, -0.05) is 29.8 Å². The summed E-state index contributed by atoms with van der Waals surface area (Å²) in [6, 6.07) is 6.63. The van der Waals surface area contributed by atoms with E-state index in [1.165, 1.54) is 0 Å². The molecule has 1 aromatic carbocycles. The summed E-state index contributed by atoms with van der Waals surface area (Å²) in [5.41, 5.74) is 0.715. The van der Waals surface area contributed by atoms with Crippen LogP contribution in [-0.4, -0.2) is 41.5 Å². The quantitative estimate of drug-likeness (QED) is 0.873. The second-order valence-electron chi connectivity index (χ2n) is 4.39. The fourth-order valence-electron chi connectivity index (χ4n) is 2.23. The van der Waals surface area contributed by atoms with Crippen molar-refractivity contribution in [3.05, 3.63) is 34.9 Å². The van der Waals surface area contributed by atoms with Gasteiger partial charge in [-0.15, -0.1) is 0 Å². The van der Waals surface area contributed by atoms with E-state index >= 15 is 0 Å². The lowest BCUT2D eigenvalue weighted by atomic mass is 10.0. The SMILES string of the molecule is O=C(O)CCN1CCNC(=O)C1c1ccccc1Cl. The van der Waals surface area contributed by atoms with Crippen LogP contribution in [0.4, 0.5) is 0 Å². The monoisotopic (exact) mass is 282 g/mol. The van der Waals surface area contributed by atoms with Gasteiger partial charge in [-0.3, -0.25) is 14.5 Å². The van der Waals surface area contributed by atoms with Crippen molar-refractivity contribution in [2.75, 3.05) is 19.6 Å². The second kappa shape index (κ2) is 6.04. The van der Waals surface area contributed by atoms with E-state index in [2.05, 4.69) is 5.32 Å². The summed E-state index contributed by atoms with van der Waals surface area (Å²) in [5, 5.41) is 12.1. The number of nitrogens with zero attached hydrogens (tertiary/aromatic N) is 1. The van der Waals surface area contributed by atoms with Gasteiger partial charge < -0.3 is 10.4 Å². The molecule has 19 heavy (non-hydrogen) atoms. The van der Waals surface area contributed by atoms with Crippen LogP contribution >= 0.6 is 11.6 Å². The molecule has 5 nitrogen and oxygen atoms in total. The van der Waals surface area contributed by atoms with E-state index in [0.29, 0.717) is 30.2 Å². The first-order valence-corrected chi connectivity index (χ1v) is 6.45. The second-order valence-corrected chi connectivity index (χ2v) is 4.80. The number of carbonyl (C=O) groups is 2. The lowest BCUT2D eigenvalue weighted by molar-refractivity contribution is -0.139. The molecule has 1 atom stereocenters. The third-order valence-corrected chi connectivity index (χ3v) is 3.47. The van der Waals surface area contributed by atoms with Gasteiger partial charge in [0.2, 0.25) is 5.91 Å². The number of hydrogen-bond acceptors (Lipinski definition) is 3. The van der Waals surface area contributed by atoms with Gasteiger partial charge >= 0.3 is 5.97 Å². The van der Waals surface area contributed by atoms with E-state index in [1.54, 1.807) is 18.2 Å². The minimum atomic E-state index is -0.871. The Morgan fingerprint density at radius 2 is 2.21 bits per heavy atom. The molecule has 0 radical (unpaired) electrons. The van der Waals surface area contributed by atoms with Crippen molar-refractivity contribution in [3.63, 3.8) is 0 Å². The fraction of sp³-hybridized carbons (Fsp3) is 0.385. The minimum Gasteiger partial charge on any atom is -0.481 e. The molecular formula is C13H15ClN2O3. The summed E-state index contributed by atoms with van der Waals surface area (Å²) in [5.74, 6) is -1.01. The van der Waals surface area contributed by atoms with Crippen LogP contribution < -0.4 is 5.32 Å². The predicted octanol–water partition coefficient (Wildman–Crippen LogP) is 1.29.